The lowest BCUT2D eigenvalue weighted by Gasteiger charge is -2.31. The summed E-state index contributed by atoms with van der Waals surface area (Å²) in [5.74, 6) is -2.83. The first-order valence-corrected chi connectivity index (χ1v) is 8.21. The van der Waals surface area contributed by atoms with Gasteiger partial charge in [0.25, 0.3) is 0 Å². The summed E-state index contributed by atoms with van der Waals surface area (Å²) in [5.41, 5.74) is 0. The van der Waals surface area contributed by atoms with E-state index in [0.717, 1.165) is 6.07 Å². The molecule has 1 N–H and O–H groups in total. The Morgan fingerprint density at radius 3 is 2.75 bits per heavy atom. The molecule has 1 saturated heterocycles. The number of hydrogen-bond donors (Lipinski definition) is 1. The quantitative estimate of drug-likeness (QED) is 0.903. The van der Waals surface area contributed by atoms with Crippen molar-refractivity contribution in [1.29, 1.82) is 0 Å². The molecule has 110 valence electrons. The molecule has 1 aliphatic heterocycles. The highest BCUT2D eigenvalue weighted by molar-refractivity contribution is 7.99. The molecule has 1 aromatic rings. The highest BCUT2D eigenvalue weighted by Gasteiger charge is 2.39. The van der Waals surface area contributed by atoms with Crippen LogP contribution in [0.25, 0.3) is 0 Å². The van der Waals surface area contributed by atoms with E-state index in [0.29, 0.717) is 22.2 Å². The van der Waals surface area contributed by atoms with Gasteiger partial charge in [-0.25, -0.2) is 17.2 Å². The number of halogens is 2. The van der Waals surface area contributed by atoms with E-state index in [1.165, 1.54) is 11.8 Å². The molecule has 0 aromatic heterocycles. The average molecular weight is 323 g/mol. The summed E-state index contributed by atoms with van der Waals surface area (Å²) in [6.45, 7) is -0.0556. The Morgan fingerprint density at radius 2 is 2.10 bits per heavy atom. The second-order valence-corrected chi connectivity index (χ2v) is 7.13. The minimum absolute atomic E-state index is 0.0556. The molecule has 0 spiro atoms. The Kier molecular flexibility index (Phi) is 4.31. The molecule has 0 bridgehead atoms. The van der Waals surface area contributed by atoms with Crippen LogP contribution in [0, 0.1) is 11.6 Å². The molecular formula is C11H11F2NO4S2. The van der Waals surface area contributed by atoms with Gasteiger partial charge in [-0.3, -0.25) is 4.79 Å². The van der Waals surface area contributed by atoms with Crippen molar-refractivity contribution in [3.8, 4) is 0 Å². The predicted molar refractivity (Wildman–Crippen MR) is 69.0 cm³/mol. The molecule has 1 fully saturated rings. The van der Waals surface area contributed by atoms with Gasteiger partial charge in [0.15, 0.2) is 0 Å². The van der Waals surface area contributed by atoms with Crippen LogP contribution in [0.1, 0.15) is 0 Å². The molecular weight excluding hydrogens is 312 g/mol. The van der Waals surface area contributed by atoms with Crippen LogP contribution in [-0.2, 0) is 14.8 Å². The first-order valence-electron chi connectivity index (χ1n) is 5.61. The zero-order valence-electron chi connectivity index (χ0n) is 10.1. The first kappa shape index (κ1) is 15.2. The summed E-state index contributed by atoms with van der Waals surface area (Å²) in [7, 11) is -4.39. The Bertz CT molecular complexity index is 635. The van der Waals surface area contributed by atoms with Crippen molar-refractivity contribution in [3.05, 3.63) is 29.8 Å². The van der Waals surface area contributed by atoms with Gasteiger partial charge in [-0.2, -0.15) is 16.1 Å². The maximum atomic E-state index is 13.6. The van der Waals surface area contributed by atoms with E-state index in [1.807, 2.05) is 0 Å². The normalized spacial score (nSPS) is 20.8. The lowest BCUT2D eigenvalue weighted by molar-refractivity contribution is -0.140. The maximum absolute atomic E-state index is 13.6. The Labute approximate surface area is 118 Å². The molecule has 1 atom stereocenters. The number of aliphatic carboxylic acids is 1. The molecule has 1 heterocycles. The molecule has 20 heavy (non-hydrogen) atoms. The van der Waals surface area contributed by atoms with E-state index in [9.17, 15) is 22.0 Å². The molecule has 0 saturated carbocycles. The third kappa shape index (κ3) is 2.79. The summed E-state index contributed by atoms with van der Waals surface area (Å²) < 4.78 is 52.1. The Morgan fingerprint density at radius 1 is 1.40 bits per heavy atom. The Balaban J connectivity index is 2.47. The lowest BCUT2D eigenvalue weighted by atomic mass is 10.3. The largest absolute Gasteiger partial charge is 0.480 e. The summed E-state index contributed by atoms with van der Waals surface area (Å²) >= 11 is 1.30. The number of sulfonamides is 1. The number of hydrogen-bond acceptors (Lipinski definition) is 4. The van der Waals surface area contributed by atoms with Crippen molar-refractivity contribution in [2.45, 2.75) is 10.9 Å². The van der Waals surface area contributed by atoms with Crippen LogP contribution in [0.15, 0.2) is 23.1 Å². The smallest absolute Gasteiger partial charge is 0.322 e. The van der Waals surface area contributed by atoms with Gasteiger partial charge in [-0.15, -0.1) is 0 Å². The van der Waals surface area contributed by atoms with Crippen LogP contribution in [0.3, 0.4) is 0 Å². The van der Waals surface area contributed by atoms with Crippen molar-refractivity contribution < 1.29 is 27.1 Å². The van der Waals surface area contributed by atoms with Crippen molar-refractivity contribution in [2.75, 3.05) is 18.1 Å². The van der Waals surface area contributed by atoms with Gasteiger partial charge in [0.2, 0.25) is 10.0 Å². The van der Waals surface area contributed by atoms with E-state index >= 15 is 0 Å². The second kappa shape index (κ2) is 5.66. The maximum Gasteiger partial charge on any atom is 0.322 e. The van der Waals surface area contributed by atoms with E-state index in [2.05, 4.69) is 0 Å². The van der Waals surface area contributed by atoms with Gasteiger partial charge in [-0.05, 0) is 18.2 Å². The summed E-state index contributed by atoms with van der Waals surface area (Å²) in [4.78, 5) is 10.3. The van der Waals surface area contributed by atoms with Crippen LogP contribution in [0.4, 0.5) is 8.78 Å². The number of carbonyl (C=O) groups is 1. The van der Waals surface area contributed by atoms with Gasteiger partial charge in [0.05, 0.1) is 0 Å². The molecule has 5 nitrogen and oxygen atoms in total. The fourth-order valence-electron chi connectivity index (χ4n) is 1.87. The zero-order chi connectivity index (χ0) is 14.9. The zero-order valence-corrected chi connectivity index (χ0v) is 11.8. The molecule has 0 amide bonds. The molecule has 1 unspecified atom stereocenters. The number of benzene rings is 1. The summed E-state index contributed by atoms with van der Waals surface area (Å²) in [6.07, 6.45) is 0. The third-order valence-electron chi connectivity index (χ3n) is 2.84. The Hall–Kier alpha value is -1.19. The van der Waals surface area contributed by atoms with Crippen molar-refractivity contribution in [3.63, 3.8) is 0 Å². The predicted octanol–water partition coefficient (Wildman–Crippen LogP) is 1.16. The third-order valence-corrected chi connectivity index (χ3v) is 5.79. The topological polar surface area (TPSA) is 74.7 Å². The van der Waals surface area contributed by atoms with Crippen LogP contribution in [0.2, 0.25) is 0 Å². The van der Waals surface area contributed by atoms with Crippen molar-refractivity contribution >= 4 is 27.8 Å². The van der Waals surface area contributed by atoms with E-state index < -0.39 is 38.6 Å². The van der Waals surface area contributed by atoms with Crippen molar-refractivity contribution in [2.24, 2.45) is 0 Å². The van der Waals surface area contributed by atoms with Gasteiger partial charge in [-0.1, -0.05) is 0 Å². The molecule has 9 heteroatoms. The highest BCUT2D eigenvalue weighted by Crippen LogP contribution is 2.26. The van der Waals surface area contributed by atoms with Crippen LogP contribution in [0.5, 0.6) is 0 Å². The molecule has 1 aromatic carbocycles. The SMILES string of the molecule is O=C(O)C1CSCCN1S(=O)(=O)c1cc(F)ccc1F. The van der Waals surface area contributed by atoms with E-state index in [4.69, 9.17) is 5.11 Å². The van der Waals surface area contributed by atoms with Gasteiger partial charge >= 0.3 is 5.97 Å². The van der Waals surface area contributed by atoms with Crippen LogP contribution >= 0.6 is 11.8 Å². The fourth-order valence-corrected chi connectivity index (χ4v) is 4.78. The first-order chi connectivity index (χ1) is 9.34. The molecule has 1 aliphatic rings. The van der Waals surface area contributed by atoms with Crippen LogP contribution in [-0.4, -0.2) is 47.9 Å². The minimum atomic E-state index is -4.39. The standard InChI is InChI=1S/C11H11F2NO4S2/c12-7-1-2-8(13)10(5-7)20(17,18)14-3-4-19-6-9(14)11(15)16/h1-2,5,9H,3-4,6H2,(H,15,16). The number of rotatable bonds is 3. The number of carboxylic acids is 1. The van der Waals surface area contributed by atoms with Crippen molar-refractivity contribution in [1.82, 2.24) is 4.31 Å². The fraction of sp³-hybridized carbons (Fsp3) is 0.364. The summed E-state index contributed by atoms with van der Waals surface area (Å²) in [5, 5.41) is 9.06. The number of carboxylic acid groups (broad SMARTS) is 1. The van der Waals surface area contributed by atoms with E-state index in [1.54, 1.807) is 0 Å². The van der Waals surface area contributed by atoms with Crippen LogP contribution < -0.4 is 0 Å². The number of thioether (sulfide) groups is 1. The molecule has 2 rings (SSSR count). The average Bonchev–Trinajstić information content (AvgIpc) is 2.41. The molecule has 0 aliphatic carbocycles. The second-order valence-electron chi connectivity index (χ2n) is 4.12. The lowest BCUT2D eigenvalue weighted by Crippen LogP contribution is -2.50. The number of nitrogens with zero attached hydrogens (tertiary/aromatic N) is 1. The monoisotopic (exact) mass is 323 g/mol. The van der Waals surface area contributed by atoms with Gasteiger partial charge < -0.3 is 5.11 Å². The van der Waals surface area contributed by atoms with E-state index in [-0.39, 0.29) is 12.3 Å². The summed E-state index contributed by atoms with van der Waals surface area (Å²) in [6, 6.07) is 0.790. The highest BCUT2D eigenvalue weighted by atomic mass is 32.2. The minimum Gasteiger partial charge on any atom is -0.480 e. The van der Waals surface area contributed by atoms with Gasteiger partial charge in [0, 0.05) is 18.1 Å². The molecule has 0 radical (unpaired) electrons. The van der Waals surface area contributed by atoms with Gasteiger partial charge in [0.1, 0.15) is 22.6 Å².